The van der Waals surface area contributed by atoms with E-state index in [2.05, 4.69) is 15.7 Å². The molecule has 1 unspecified atom stereocenters. The Morgan fingerprint density at radius 3 is 2.60 bits per heavy atom. The van der Waals surface area contributed by atoms with Crippen molar-refractivity contribution < 1.29 is 9.59 Å². The van der Waals surface area contributed by atoms with Crippen molar-refractivity contribution >= 4 is 28.9 Å². The van der Waals surface area contributed by atoms with Crippen LogP contribution in [0.2, 0.25) is 0 Å². The summed E-state index contributed by atoms with van der Waals surface area (Å²) in [5.41, 5.74) is 5.31. The molecule has 0 rings (SSSR count). The van der Waals surface area contributed by atoms with Crippen molar-refractivity contribution in [1.82, 2.24) is 10.6 Å². The third-order valence-corrected chi connectivity index (χ3v) is 2.28. The van der Waals surface area contributed by atoms with Gasteiger partial charge >= 0.3 is 6.03 Å². The second-order valence-electron chi connectivity index (χ2n) is 2.58. The number of nitrogens with zero attached hydrogens (tertiary/aromatic N) is 1. The largest absolute Gasteiger partial charge is 0.377 e. The minimum absolute atomic E-state index is 0.0912. The summed E-state index contributed by atoms with van der Waals surface area (Å²) in [4.78, 5) is 22.3. The van der Waals surface area contributed by atoms with Crippen LogP contribution < -0.4 is 22.2 Å². The van der Waals surface area contributed by atoms with E-state index in [-0.39, 0.29) is 5.17 Å². The third kappa shape index (κ3) is 5.78. The van der Waals surface area contributed by atoms with Crippen molar-refractivity contribution in [3.63, 3.8) is 0 Å². The van der Waals surface area contributed by atoms with Gasteiger partial charge in [0.15, 0.2) is 5.17 Å². The standard InChI is InChI=1S/C7H15N5O2S/c1-3-10-7(14)11-5(13)4(2)15-6(8)12-9/h4H,3,9H2,1-2H3,(H2,8,12)(H2,10,11,13,14). The number of hydrazone groups is 1. The second-order valence-corrected chi connectivity index (χ2v) is 3.94. The molecule has 0 aromatic carbocycles. The molecule has 0 aromatic heterocycles. The van der Waals surface area contributed by atoms with E-state index in [0.717, 1.165) is 11.8 Å². The predicted octanol–water partition coefficient (Wildman–Crippen LogP) is -0.858. The predicted molar refractivity (Wildman–Crippen MR) is 60.1 cm³/mol. The number of hydrogen-bond acceptors (Lipinski definition) is 5. The van der Waals surface area contributed by atoms with E-state index < -0.39 is 17.2 Å². The van der Waals surface area contributed by atoms with Gasteiger partial charge in [0, 0.05) is 6.54 Å². The normalized spacial score (nSPS) is 13.1. The Balaban J connectivity index is 4.04. The Labute approximate surface area is 92.0 Å². The van der Waals surface area contributed by atoms with Gasteiger partial charge in [0.2, 0.25) is 5.91 Å². The van der Waals surface area contributed by atoms with E-state index in [1.54, 1.807) is 13.8 Å². The average Bonchev–Trinajstić information content (AvgIpc) is 2.17. The monoisotopic (exact) mass is 233 g/mol. The molecule has 1 atom stereocenters. The lowest BCUT2D eigenvalue weighted by atomic mass is 10.4. The summed E-state index contributed by atoms with van der Waals surface area (Å²) in [6.07, 6.45) is 0. The molecular formula is C7H15N5O2S. The van der Waals surface area contributed by atoms with Gasteiger partial charge in [0.05, 0.1) is 5.25 Å². The fraction of sp³-hybridized carbons (Fsp3) is 0.571. The van der Waals surface area contributed by atoms with Crippen molar-refractivity contribution in [2.24, 2.45) is 16.7 Å². The number of nitrogens with two attached hydrogens (primary N) is 2. The van der Waals surface area contributed by atoms with Gasteiger partial charge in [0.25, 0.3) is 0 Å². The lowest BCUT2D eigenvalue weighted by molar-refractivity contribution is -0.119. The Bertz CT molecular complexity index is 268. The molecule has 0 spiro atoms. The van der Waals surface area contributed by atoms with Crippen LogP contribution >= 0.6 is 11.8 Å². The summed E-state index contributed by atoms with van der Waals surface area (Å²) in [5.74, 6) is 4.45. The first-order valence-corrected chi connectivity index (χ1v) is 5.17. The number of amides is 3. The maximum atomic E-state index is 11.3. The molecule has 15 heavy (non-hydrogen) atoms. The van der Waals surface area contributed by atoms with Crippen LogP contribution in [0.15, 0.2) is 5.10 Å². The van der Waals surface area contributed by atoms with Gasteiger partial charge < -0.3 is 16.9 Å². The van der Waals surface area contributed by atoms with Crippen LogP contribution in [0.1, 0.15) is 13.8 Å². The van der Waals surface area contributed by atoms with Gasteiger partial charge in [-0.25, -0.2) is 4.79 Å². The average molecular weight is 233 g/mol. The summed E-state index contributed by atoms with van der Waals surface area (Å²) in [7, 11) is 0. The highest BCUT2D eigenvalue weighted by Gasteiger charge is 2.17. The van der Waals surface area contributed by atoms with Crippen LogP contribution in [-0.4, -0.2) is 28.9 Å². The van der Waals surface area contributed by atoms with Crippen molar-refractivity contribution in [3.05, 3.63) is 0 Å². The molecular weight excluding hydrogens is 218 g/mol. The molecule has 0 fully saturated rings. The van der Waals surface area contributed by atoms with Gasteiger partial charge in [-0.05, 0) is 13.8 Å². The molecule has 0 radical (unpaired) electrons. The lowest BCUT2D eigenvalue weighted by Gasteiger charge is -2.10. The summed E-state index contributed by atoms with van der Waals surface area (Å²) in [6.45, 7) is 3.80. The van der Waals surface area contributed by atoms with Crippen molar-refractivity contribution in [3.8, 4) is 0 Å². The fourth-order valence-electron chi connectivity index (χ4n) is 0.683. The van der Waals surface area contributed by atoms with E-state index in [1.165, 1.54) is 0 Å². The highest BCUT2D eigenvalue weighted by atomic mass is 32.2. The van der Waals surface area contributed by atoms with Crippen LogP contribution in [0.3, 0.4) is 0 Å². The molecule has 0 aliphatic rings. The minimum atomic E-state index is -0.529. The number of nitrogens with one attached hydrogen (secondary N) is 2. The number of hydrogen-bond donors (Lipinski definition) is 4. The zero-order valence-electron chi connectivity index (χ0n) is 8.61. The van der Waals surface area contributed by atoms with Gasteiger partial charge in [-0.1, -0.05) is 11.8 Å². The van der Waals surface area contributed by atoms with E-state index in [0.29, 0.717) is 6.54 Å². The Morgan fingerprint density at radius 2 is 2.13 bits per heavy atom. The molecule has 3 amide bonds. The highest BCUT2D eigenvalue weighted by Crippen LogP contribution is 2.09. The van der Waals surface area contributed by atoms with E-state index in [1.807, 2.05) is 0 Å². The van der Waals surface area contributed by atoms with E-state index in [4.69, 9.17) is 11.6 Å². The molecule has 0 saturated carbocycles. The fourth-order valence-corrected chi connectivity index (χ4v) is 1.27. The van der Waals surface area contributed by atoms with Gasteiger partial charge in [-0.15, -0.1) is 0 Å². The quantitative estimate of drug-likeness (QED) is 0.219. The van der Waals surface area contributed by atoms with Crippen LogP contribution in [-0.2, 0) is 4.79 Å². The van der Waals surface area contributed by atoms with Crippen LogP contribution in [0, 0.1) is 0 Å². The SMILES string of the molecule is CCNC(=O)NC(=O)C(C)SC(N)=NN. The lowest BCUT2D eigenvalue weighted by Crippen LogP contribution is -2.43. The molecule has 0 saturated heterocycles. The summed E-state index contributed by atoms with van der Waals surface area (Å²) >= 11 is 0.978. The van der Waals surface area contributed by atoms with Crippen LogP contribution in [0.5, 0.6) is 0 Å². The first-order chi connectivity index (χ1) is 7.01. The zero-order chi connectivity index (χ0) is 11.8. The van der Waals surface area contributed by atoms with Crippen molar-refractivity contribution in [1.29, 1.82) is 0 Å². The molecule has 86 valence electrons. The number of rotatable bonds is 3. The summed E-state index contributed by atoms with van der Waals surface area (Å²) in [6, 6.07) is -0.529. The van der Waals surface area contributed by atoms with Gasteiger partial charge in [-0.3, -0.25) is 10.1 Å². The van der Waals surface area contributed by atoms with Gasteiger partial charge in [0.1, 0.15) is 0 Å². The van der Waals surface area contributed by atoms with Gasteiger partial charge in [-0.2, -0.15) is 5.10 Å². The Kier molecular flexibility index (Phi) is 6.27. The molecule has 6 N–H and O–H groups in total. The first-order valence-electron chi connectivity index (χ1n) is 4.30. The van der Waals surface area contributed by atoms with Crippen molar-refractivity contribution in [2.45, 2.75) is 19.1 Å². The second kappa shape index (κ2) is 6.93. The Morgan fingerprint density at radius 1 is 1.53 bits per heavy atom. The van der Waals surface area contributed by atoms with Crippen LogP contribution in [0.4, 0.5) is 4.79 Å². The number of carbonyl (C=O) groups is 2. The first kappa shape index (κ1) is 13.6. The van der Waals surface area contributed by atoms with Crippen LogP contribution in [0.25, 0.3) is 0 Å². The molecule has 0 aliphatic carbocycles. The smallest absolute Gasteiger partial charge is 0.321 e. The van der Waals surface area contributed by atoms with E-state index >= 15 is 0 Å². The molecule has 0 aromatic rings. The summed E-state index contributed by atoms with van der Waals surface area (Å²) in [5, 5.41) is 7.35. The maximum absolute atomic E-state index is 11.3. The molecule has 0 aliphatic heterocycles. The molecule has 0 bridgehead atoms. The maximum Gasteiger partial charge on any atom is 0.321 e. The number of imide groups is 1. The summed E-state index contributed by atoms with van der Waals surface area (Å²) < 4.78 is 0. The topological polar surface area (TPSA) is 123 Å². The number of carbonyl (C=O) groups excluding carboxylic acids is 2. The number of urea groups is 1. The number of amidine groups is 1. The van der Waals surface area contributed by atoms with Crippen molar-refractivity contribution in [2.75, 3.05) is 6.54 Å². The highest BCUT2D eigenvalue weighted by molar-refractivity contribution is 8.14. The minimum Gasteiger partial charge on any atom is -0.377 e. The number of thioether (sulfide) groups is 1. The zero-order valence-corrected chi connectivity index (χ0v) is 9.43. The molecule has 8 heteroatoms. The molecule has 7 nitrogen and oxygen atoms in total. The third-order valence-electron chi connectivity index (χ3n) is 1.37. The Hall–Kier alpha value is -1.44. The van der Waals surface area contributed by atoms with E-state index in [9.17, 15) is 9.59 Å². The molecule has 0 heterocycles.